The summed E-state index contributed by atoms with van der Waals surface area (Å²) in [7, 11) is 0. The van der Waals surface area contributed by atoms with Crippen molar-refractivity contribution >= 4 is 32.9 Å². The lowest BCUT2D eigenvalue weighted by Gasteiger charge is -2.20. The number of nitrogens with zero attached hydrogens (tertiary/aromatic N) is 2. The summed E-state index contributed by atoms with van der Waals surface area (Å²) in [5.74, 6) is 0.222. The molecule has 0 unspecified atom stereocenters. The van der Waals surface area contributed by atoms with Gasteiger partial charge in [-0.3, -0.25) is 4.68 Å². The van der Waals surface area contributed by atoms with E-state index >= 15 is 0 Å². The van der Waals surface area contributed by atoms with Gasteiger partial charge in [-0.1, -0.05) is 61.5 Å². The molecule has 0 N–H and O–H groups in total. The Balaban J connectivity index is 1.45. The number of carbonyl (C=O) groups is 1. The number of benzene rings is 3. The van der Waals surface area contributed by atoms with E-state index in [9.17, 15) is 4.79 Å². The lowest BCUT2D eigenvalue weighted by atomic mass is 10.00. The molecule has 5 rings (SSSR count). The molecule has 0 radical (unpaired) electrons. The van der Waals surface area contributed by atoms with Crippen LogP contribution < -0.4 is 0 Å². The van der Waals surface area contributed by atoms with Crippen molar-refractivity contribution in [1.29, 1.82) is 0 Å². The number of hydrogen-bond donors (Lipinski definition) is 0. The maximum Gasteiger partial charge on any atom is 0.339 e. The lowest BCUT2D eigenvalue weighted by Crippen LogP contribution is -2.24. The lowest BCUT2D eigenvalue weighted by molar-refractivity contribution is 0.00702. The minimum absolute atomic E-state index is 0.381. The fourth-order valence-electron chi connectivity index (χ4n) is 5.13. The van der Waals surface area contributed by atoms with Crippen molar-refractivity contribution in [2.45, 2.75) is 72.8 Å². The van der Waals surface area contributed by atoms with E-state index in [4.69, 9.17) is 19.0 Å². The van der Waals surface area contributed by atoms with Gasteiger partial charge in [-0.25, -0.2) is 4.79 Å². The van der Waals surface area contributed by atoms with Gasteiger partial charge in [0.2, 0.25) is 0 Å². The van der Waals surface area contributed by atoms with Gasteiger partial charge >= 0.3 is 5.97 Å². The molecule has 7 heteroatoms. The Bertz CT molecular complexity index is 1700. The van der Waals surface area contributed by atoms with Crippen LogP contribution in [0.2, 0.25) is 0 Å². The van der Waals surface area contributed by atoms with Crippen molar-refractivity contribution in [3.05, 3.63) is 111 Å². The summed E-state index contributed by atoms with van der Waals surface area (Å²) < 4.78 is 21.0. The van der Waals surface area contributed by atoms with E-state index in [0.29, 0.717) is 30.1 Å². The zero-order valence-electron chi connectivity index (χ0n) is 24.9. The molecule has 3 aromatic carbocycles. The van der Waals surface area contributed by atoms with Gasteiger partial charge in [-0.15, -0.1) is 0 Å². The molecule has 218 valence electrons. The zero-order chi connectivity index (χ0) is 29.9. The van der Waals surface area contributed by atoms with E-state index in [1.54, 1.807) is 6.07 Å². The van der Waals surface area contributed by atoms with Crippen LogP contribution in [-0.4, -0.2) is 21.4 Å². The second kappa shape index (κ2) is 12.7. The largest absolute Gasteiger partial charge is 0.456 e. The molecule has 0 saturated heterocycles. The molecule has 6 nitrogen and oxygen atoms in total. The smallest absolute Gasteiger partial charge is 0.339 e. The fourth-order valence-corrected chi connectivity index (χ4v) is 5.74. The predicted octanol–water partition coefficient (Wildman–Crippen LogP) is 8.90. The molecular formula is C35H37BrN2O4. The molecule has 0 aliphatic rings. The number of rotatable bonds is 10. The topological polar surface area (TPSA) is 66.5 Å². The van der Waals surface area contributed by atoms with Crippen molar-refractivity contribution in [2.75, 3.05) is 0 Å². The van der Waals surface area contributed by atoms with Gasteiger partial charge in [0, 0.05) is 29.5 Å². The number of ether oxygens (including phenoxy) is 2. The van der Waals surface area contributed by atoms with Gasteiger partial charge in [0.05, 0.1) is 34.6 Å². The number of esters is 1. The van der Waals surface area contributed by atoms with Crippen LogP contribution in [-0.2, 0) is 42.1 Å². The first kappa shape index (κ1) is 29.8. The third-order valence-electron chi connectivity index (χ3n) is 7.10. The van der Waals surface area contributed by atoms with Crippen molar-refractivity contribution < 1.29 is 18.7 Å². The van der Waals surface area contributed by atoms with Gasteiger partial charge in [-0.2, -0.15) is 5.10 Å². The number of fused-ring (bicyclic) bond motifs is 1. The fraction of sp³-hybridized carbons (Fsp3) is 0.314. The molecule has 42 heavy (non-hydrogen) atoms. The van der Waals surface area contributed by atoms with E-state index in [1.807, 2.05) is 63.2 Å². The molecule has 5 aromatic rings. The number of furan rings is 1. The Kier molecular flexibility index (Phi) is 8.99. The number of aryl methyl sites for hydroxylation is 2. The van der Waals surface area contributed by atoms with Crippen molar-refractivity contribution in [2.24, 2.45) is 0 Å². The van der Waals surface area contributed by atoms with E-state index in [2.05, 4.69) is 58.7 Å². The van der Waals surface area contributed by atoms with Crippen LogP contribution in [0.5, 0.6) is 0 Å². The predicted molar refractivity (Wildman–Crippen MR) is 170 cm³/mol. The highest BCUT2D eigenvalue weighted by Crippen LogP contribution is 2.40. The monoisotopic (exact) mass is 628 g/mol. The average molecular weight is 630 g/mol. The molecule has 2 aromatic heterocycles. The van der Waals surface area contributed by atoms with E-state index in [0.717, 1.165) is 57.3 Å². The van der Waals surface area contributed by atoms with Gasteiger partial charge < -0.3 is 13.9 Å². The summed E-state index contributed by atoms with van der Waals surface area (Å²) in [5.41, 5.74) is 7.00. The molecule has 0 fully saturated rings. The van der Waals surface area contributed by atoms with Crippen LogP contribution in [0.25, 0.3) is 22.3 Å². The standard InChI is InChI=1S/C35H37BrN2O4/c1-6-29-27(30(38(7-2)37-29)22-40-21-23-13-9-8-10-14-23)19-24-17-18-31-28(20-24)32(36)33(41-31)25-15-11-12-16-26(25)34(39)42-35(3,4)5/h8-18,20H,6-7,19,21-22H2,1-5H3. The number of aromatic nitrogens is 2. The molecule has 2 heterocycles. The van der Waals surface area contributed by atoms with Crippen LogP contribution >= 0.6 is 15.9 Å². The van der Waals surface area contributed by atoms with Crippen molar-refractivity contribution in [1.82, 2.24) is 9.78 Å². The van der Waals surface area contributed by atoms with Crippen molar-refractivity contribution in [3.63, 3.8) is 0 Å². The van der Waals surface area contributed by atoms with Crippen LogP contribution in [0.3, 0.4) is 0 Å². The minimum Gasteiger partial charge on any atom is -0.456 e. The summed E-state index contributed by atoms with van der Waals surface area (Å²) in [4.78, 5) is 13.0. The third kappa shape index (κ3) is 6.53. The minimum atomic E-state index is -0.599. The van der Waals surface area contributed by atoms with Gasteiger partial charge in [-0.05, 0) is 79.4 Å². The second-order valence-corrected chi connectivity index (χ2v) is 12.1. The highest BCUT2D eigenvalue weighted by molar-refractivity contribution is 9.10. The molecular weight excluding hydrogens is 592 g/mol. The van der Waals surface area contributed by atoms with Gasteiger partial charge in [0.25, 0.3) is 0 Å². The van der Waals surface area contributed by atoms with Crippen LogP contribution in [0, 0.1) is 0 Å². The summed E-state index contributed by atoms with van der Waals surface area (Å²) in [5, 5.41) is 5.86. The Labute approximate surface area is 255 Å². The Morgan fingerprint density at radius 2 is 1.69 bits per heavy atom. The first-order chi connectivity index (χ1) is 20.2. The quantitative estimate of drug-likeness (QED) is 0.144. The molecule has 0 aliphatic heterocycles. The highest BCUT2D eigenvalue weighted by Gasteiger charge is 2.24. The molecule has 0 atom stereocenters. The molecule has 0 saturated carbocycles. The molecule has 0 bridgehead atoms. The first-order valence-corrected chi connectivity index (χ1v) is 15.2. The molecule has 0 spiro atoms. The Morgan fingerprint density at radius 3 is 2.40 bits per heavy atom. The third-order valence-corrected chi connectivity index (χ3v) is 7.88. The van der Waals surface area contributed by atoms with Crippen LogP contribution in [0.4, 0.5) is 0 Å². The number of halogens is 1. The average Bonchev–Trinajstić information content (AvgIpc) is 3.49. The van der Waals surface area contributed by atoms with Gasteiger partial charge in [0.1, 0.15) is 16.9 Å². The number of hydrogen-bond acceptors (Lipinski definition) is 5. The first-order valence-electron chi connectivity index (χ1n) is 14.4. The van der Waals surface area contributed by atoms with Gasteiger partial charge in [0.15, 0.2) is 0 Å². The Morgan fingerprint density at radius 1 is 0.952 bits per heavy atom. The maximum atomic E-state index is 13.0. The second-order valence-electron chi connectivity index (χ2n) is 11.3. The molecule has 0 amide bonds. The van der Waals surface area contributed by atoms with E-state index in [1.165, 1.54) is 5.56 Å². The SMILES string of the molecule is CCc1nn(CC)c(COCc2ccccc2)c1Cc1ccc2oc(-c3ccccc3C(=O)OC(C)(C)C)c(Br)c2c1. The summed E-state index contributed by atoms with van der Waals surface area (Å²) in [6.45, 7) is 11.7. The van der Waals surface area contributed by atoms with E-state index in [-0.39, 0.29) is 5.97 Å². The van der Waals surface area contributed by atoms with Crippen LogP contribution in [0.15, 0.2) is 81.7 Å². The van der Waals surface area contributed by atoms with Crippen molar-refractivity contribution in [3.8, 4) is 11.3 Å². The highest BCUT2D eigenvalue weighted by atomic mass is 79.9. The zero-order valence-corrected chi connectivity index (χ0v) is 26.5. The number of carbonyl (C=O) groups excluding carboxylic acids is 1. The normalized spacial score (nSPS) is 11.8. The van der Waals surface area contributed by atoms with E-state index < -0.39 is 5.60 Å². The maximum absolute atomic E-state index is 13.0. The summed E-state index contributed by atoms with van der Waals surface area (Å²) in [6.07, 6.45) is 1.57. The molecule has 0 aliphatic carbocycles. The Hall–Kier alpha value is -3.68. The summed E-state index contributed by atoms with van der Waals surface area (Å²) in [6, 6.07) is 23.9. The van der Waals surface area contributed by atoms with Crippen LogP contribution in [0.1, 0.15) is 73.1 Å². The summed E-state index contributed by atoms with van der Waals surface area (Å²) >= 11 is 3.78.